The van der Waals surface area contributed by atoms with Crippen LogP contribution in [-0.2, 0) is 0 Å². The SMILES string of the molecule is c1ccc2c(-c3ccc(-c4nc(-n5c6c(-c7cccc8c7sc7ccccc78)cccc6c6c7ccccc7c7ccccc7c65)nc5ccccc45)cc3)cccc2c1. The Balaban J connectivity index is 1.14. The van der Waals surface area contributed by atoms with E-state index in [-0.39, 0.29) is 0 Å². The van der Waals surface area contributed by atoms with Crippen LogP contribution in [0.15, 0.2) is 200 Å². The summed E-state index contributed by atoms with van der Waals surface area (Å²) in [6.45, 7) is 0. The number of benzene rings is 10. The van der Waals surface area contributed by atoms with Crippen LogP contribution in [-0.4, -0.2) is 14.5 Å². The van der Waals surface area contributed by atoms with Gasteiger partial charge in [-0.3, -0.25) is 4.57 Å². The smallest absolute Gasteiger partial charge is 0.235 e. The quantitative estimate of drug-likeness (QED) is 0.167. The zero-order valence-corrected chi connectivity index (χ0v) is 33.1. The molecule has 0 aliphatic rings. The first-order valence-corrected chi connectivity index (χ1v) is 21.2. The maximum absolute atomic E-state index is 5.64. The van der Waals surface area contributed by atoms with Crippen molar-refractivity contribution < 1.29 is 0 Å². The van der Waals surface area contributed by atoms with Crippen LogP contribution >= 0.6 is 11.3 Å². The van der Waals surface area contributed by atoms with Crippen LogP contribution in [0.25, 0.3) is 125 Å². The second-order valence-corrected chi connectivity index (χ2v) is 16.7. The Bertz CT molecular complexity index is 3890. The summed E-state index contributed by atoms with van der Waals surface area (Å²) in [5.74, 6) is 0.651. The summed E-state index contributed by atoms with van der Waals surface area (Å²) in [6, 6.07) is 72.4. The summed E-state index contributed by atoms with van der Waals surface area (Å²) < 4.78 is 4.95. The first-order valence-electron chi connectivity index (χ1n) is 20.4. The van der Waals surface area contributed by atoms with Crippen molar-refractivity contribution in [3.05, 3.63) is 200 Å². The third-order valence-electron chi connectivity index (χ3n) is 12.4. The van der Waals surface area contributed by atoms with Crippen molar-refractivity contribution in [2.75, 3.05) is 0 Å². The van der Waals surface area contributed by atoms with Crippen molar-refractivity contribution >= 4 is 96.5 Å². The third-order valence-corrected chi connectivity index (χ3v) is 13.6. The molecule has 278 valence electrons. The molecule has 10 aromatic carbocycles. The molecule has 4 heteroatoms. The molecule has 0 fully saturated rings. The summed E-state index contributed by atoms with van der Waals surface area (Å²) in [5.41, 5.74) is 9.84. The van der Waals surface area contributed by atoms with E-state index in [9.17, 15) is 0 Å². The Morgan fingerprint density at radius 1 is 0.350 bits per heavy atom. The predicted molar refractivity (Wildman–Crippen MR) is 256 cm³/mol. The van der Waals surface area contributed by atoms with E-state index in [1.807, 2.05) is 11.3 Å². The van der Waals surface area contributed by atoms with Crippen molar-refractivity contribution in [1.82, 2.24) is 14.5 Å². The van der Waals surface area contributed by atoms with Gasteiger partial charge < -0.3 is 0 Å². The number of hydrogen-bond donors (Lipinski definition) is 0. The number of aromatic nitrogens is 3. The summed E-state index contributed by atoms with van der Waals surface area (Å²) >= 11 is 1.87. The van der Waals surface area contributed by atoms with Gasteiger partial charge >= 0.3 is 0 Å². The van der Waals surface area contributed by atoms with Gasteiger partial charge in [0.05, 0.1) is 22.2 Å². The van der Waals surface area contributed by atoms with Gasteiger partial charge in [-0.2, -0.15) is 0 Å². The fourth-order valence-electron chi connectivity index (χ4n) is 9.77. The zero-order valence-electron chi connectivity index (χ0n) is 32.3. The van der Waals surface area contributed by atoms with Gasteiger partial charge in [-0.25, -0.2) is 9.97 Å². The molecular formula is C56H33N3S. The van der Waals surface area contributed by atoms with Crippen LogP contribution in [0.3, 0.4) is 0 Å². The Labute approximate surface area is 349 Å². The molecule has 13 aromatic rings. The summed E-state index contributed by atoms with van der Waals surface area (Å²) in [5, 5.41) is 13.3. The van der Waals surface area contributed by atoms with Crippen LogP contribution in [0.1, 0.15) is 0 Å². The van der Waals surface area contributed by atoms with E-state index in [1.165, 1.54) is 80.0 Å². The average Bonchev–Trinajstić information content (AvgIpc) is 3.88. The van der Waals surface area contributed by atoms with Crippen LogP contribution in [0.4, 0.5) is 0 Å². The minimum absolute atomic E-state index is 0.651. The maximum Gasteiger partial charge on any atom is 0.235 e. The molecular weight excluding hydrogens is 747 g/mol. The molecule has 3 nitrogen and oxygen atoms in total. The lowest BCUT2D eigenvalue weighted by molar-refractivity contribution is 1.02. The molecule has 0 aliphatic carbocycles. The van der Waals surface area contributed by atoms with Crippen LogP contribution in [0.5, 0.6) is 0 Å². The third kappa shape index (κ3) is 4.83. The highest BCUT2D eigenvalue weighted by atomic mass is 32.1. The van der Waals surface area contributed by atoms with Crippen molar-refractivity contribution in [3.8, 4) is 39.5 Å². The molecule has 0 saturated carbocycles. The van der Waals surface area contributed by atoms with Crippen molar-refractivity contribution in [2.45, 2.75) is 0 Å². The second kappa shape index (κ2) is 12.9. The fourth-order valence-corrected chi connectivity index (χ4v) is 11.0. The Morgan fingerprint density at radius 2 is 0.917 bits per heavy atom. The molecule has 0 aliphatic heterocycles. The number of fused-ring (bicyclic) bond motifs is 13. The highest BCUT2D eigenvalue weighted by Gasteiger charge is 2.25. The van der Waals surface area contributed by atoms with E-state index in [1.54, 1.807) is 0 Å². The highest BCUT2D eigenvalue weighted by molar-refractivity contribution is 7.26. The highest BCUT2D eigenvalue weighted by Crippen LogP contribution is 2.47. The van der Waals surface area contributed by atoms with Gasteiger partial charge in [-0.1, -0.05) is 188 Å². The lowest BCUT2D eigenvalue weighted by Gasteiger charge is -2.15. The molecule has 3 aromatic heterocycles. The average molecular weight is 780 g/mol. The lowest BCUT2D eigenvalue weighted by Crippen LogP contribution is -2.04. The molecule has 0 radical (unpaired) electrons. The monoisotopic (exact) mass is 779 g/mol. The van der Waals surface area contributed by atoms with Crippen molar-refractivity contribution in [3.63, 3.8) is 0 Å². The van der Waals surface area contributed by atoms with Crippen LogP contribution in [0.2, 0.25) is 0 Å². The van der Waals surface area contributed by atoms with Gasteiger partial charge in [0.1, 0.15) is 0 Å². The molecule has 0 bridgehead atoms. The molecule has 0 unspecified atom stereocenters. The lowest BCUT2D eigenvalue weighted by atomic mass is 9.95. The minimum Gasteiger partial charge on any atom is -0.277 e. The molecule has 60 heavy (non-hydrogen) atoms. The Kier molecular flexibility index (Phi) is 7.18. The number of para-hydroxylation sites is 2. The van der Waals surface area contributed by atoms with E-state index < -0.39 is 0 Å². The standard InChI is InChI=1S/C56H33N3S/c1-2-16-37-34(14-1)15-11-23-38(37)35-30-32-36(33-31-35)52-47-22-7-9-28-49(47)57-56(58-52)59-53-44(46-26-13-25-45-41-19-8-10-29-50(41)60-55(45)46)24-12-27-48(53)51-42-20-5-3-17-39(42)40-18-4-6-21-43(40)54(51)59/h1-33H. The topological polar surface area (TPSA) is 30.7 Å². The van der Waals surface area contributed by atoms with Gasteiger partial charge in [0.25, 0.3) is 0 Å². The predicted octanol–water partition coefficient (Wildman–Crippen LogP) is 15.6. The van der Waals surface area contributed by atoms with Crippen molar-refractivity contribution in [2.24, 2.45) is 0 Å². The van der Waals surface area contributed by atoms with E-state index in [2.05, 4.69) is 205 Å². The number of hydrogen-bond acceptors (Lipinski definition) is 3. The molecule has 0 saturated heterocycles. The van der Waals surface area contributed by atoms with E-state index >= 15 is 0 Å². The van der Waals surface area contributed by atoms with Gasteiger partial charge in [-0.05, 0) is 50.2 Å². The Morgan fingerprint density at radius 3 is 1.75 bits per heavy atom. The number of rotatable bonds is 4. The Hall–Kier alpha value is -7.66. The first kappa shape index (κ1) is 33.3. The van der Waals surface area contributed by atoms with Gasteiger partial charge in [-0.15, -0.1) is 11.3 Å². The molecule has 0 N–H and O–H groups in total. The summed E-state index contributed by atoms with van der Waals surface area (Å²) in [4.78, 5) is 11.1. The van der Waals surface area contributed by atoms with E-state index in [0.717, 1.165) is 38.8 Å². The van der Waals surface area contributed by atoms with Crippen LogP contribution in [0, 0.1) is 0 Å². The van der Waals surface area contributed by atoms with E-state index in [0.29, 0.717) is 5.95 Å². The first-order chi connectivity index (χ1) is 29.8. The summed E-state index contributed by atoms with van der Waals surface area (Å²) in [7, 11) is 0. The molecule has 13 rings (SSSR count). The zero-order chi connectivity index (χ0) is 39.3. The van der Waals surface area contributed by atoms with Gasteiger partial charge in [0.2, 0.25) is 5.95 Å². The molecule has 0 atom stereocenters. The normalized spacial score (nSPS) is 12.0. The number of nitrogens with zero attached hydrogens (tertiary/aromatic N) is 3. The second-order valence-electron chi connectivity index (χ2n) is 15.6. The number of thiophene rings is 1. The largest absolute Gasteiger partial charge is 0.277 e. The van der Waals surface area contributed by atoms with Gasteiger partial charge in [0, 0.05) is 58.4 Å². The molecule has 3 heterocycles. The minimum atomic E-state index is 0.651. The van der Waals surface area contributed by atoms with E-state index in [4.69, 9.17) is 9.97 Å². The molecule has 0 amide bonds. The fraction of sp³-hybridized carbons (Fsp3) is 0. The van der Waals surface area contributed by atoms with Crippen molar-refractivity contribution in [1.29, 1.82) is 0 Å². The van der Waals surface area contributed by atoms with Crippen LogP contribution < -0.4 is 0 Å². The summed E-state index contributed by atoms with van der Waals surface area (Å²) in [6.07, 6.45) is 0. The van der Waals surface area contributed by atoms with Gasteiger partial charge in [0.15, 0.2) is 0 Å². The molecule has 0 spiro atoms. The maximum atomic E-state index is 5.64.